The van der Waals surface area contributed by atoms with Crippen LogP contribution >= 0.6 is 11.9 Å². The molecule has 0 unspecified atom stereocenters. The number of hydrogen-bond acceptors (Lipinski definition) is 8. The van der Waals surface area contributed by atoms with E-state index in [2.05, 4.69) is 0 Å². The summed E-state index contributed by atoms with van der Waals surface area (Å²) in [4.78, 5) is 25.8. The Labute approximate surface area is 203 Å². The highest BCUT2D eigenvalue weighted by Crippen LogP contribution is 2.27. The maximum Gasteiger partial charge on any atom is 0.409 e. The minimum absolute atomic E-state index is 0.0957. The fourth-order valence-corrected chi connectivity index (χ4v) is 3.29. The quantitative estimate of drug-likeness (QED) is 0.195. The van der Waals surface area contributed by atoms with Gasteiger partial charge in [-0.3, -0.25) is 10.0 Å². The summed E-state index contributed by atoms with van der Waals surface area (Å²) in [5.41, 5.74) is 1.61. The van der Waals surface area contributed by atoms with Gasteiger partial charge in [0.25, 0.3) is 5.91 Å². The largest absolute Gasteiger partial charge is 0.457 e. The first-order valence-corrected chi connectivity index (χ1v) is 11.4. The van der Waals surface area contributed by atoms with Crippen LogP contribution in [0.3, 0.4) is 0 Å². The summed E-state index contributed by atoms with van der Waals surface area (Å²) in [6.45, 7) is 4.99. The van der Waals surface area contributed by atoms with Crippen LogP contribution < -0.4 is 10.2 Å². The van der Waals surface area contributed by atoms with E-state index in [0.29, 0.717) is 31.2 Å². The Morgan fingerprint density at radius 1 is 1.00 bits per heavy atom. The minimum atomic E-state index is -0.584. The molecule has 0 spiro atoms. The summed E-state index contributed by atoms with van der Waals surface area (Å²) < 4.78 is 30.3. The molecule has 0 atom stereocenters. The summed E-state index contributed by atoms with van der Waals surface area (Å²) in [6.07, 6.45) is -0.499. The lowest BCUT2D eigenvalue weighted by Gasteiger charge is -2.23. The van der Waals surface area contributed by atoms with Crippen molar-refractivity contribution in [2.45, 2.75) is 18.7 Å². The summed E-state index contributed by atoms with van der Waals surface area (Å²) in [5, 5.41) is 8.86. The van der Waals surface area contributed by atoms with Crippen molar-refractivity contribution in [3.05, 3.63) is 54.3 Å². The van der Waals surface area contributed by atoms with Crippen molar-refractivity contribution < 1.29 is 33.4 Å². The van der Waals surface area contributed by atoms with Crippen LogP contribution in [0.25, 0.3) is 0 Å². The summed E-state index contributed by atoms with van der Waals surface area (Å²) in [7, 11) is 3.10. The molecule has 0 radical (unpaired) electrons. The molecule has 0 aliphatic rings. The van der Waals surface area contributed by atoms with Gasteiger partial charge in [-0.2, -0.15) is 0 Å². The lowest BCUT2D eigenvalue weighted by atomic mass is 10.3. The molecule has 2 rings (SSSR count). The Morgan fingerprint density at radius 2 is 1.59 bits per heavy atom. The van der Waals surface area contributed by atoms with Crippen LogP contribution in [0.5, 0.6) is 11.5 Å². The number of hydroxylamine groups is 1. The molecule has 0 aromatic heterocycles. The second-order valence-corrected chi connectivity index (χ2v) is 7.72. The summed E-state index contributed by atoms with van der Waals surface area (Å²) in [5.74, 6) is 0.150. The van der Waals surface area contributed by atoms with E-state index in [0.717, 1.165) is 4.90 Å². The molecule has 2 amide bonds. The number of rotatable bonds is 12. The van der Waals surface area contributed by atoms with Gasteiger partial charge in [0.15, 0.2) is 0 Å². The number of nitrogens with one attached hydrogen (secondary N) is 1. The molecule has 0 saturated carbocycles. The highest BCUT2D eigenvalue weighted by molar-refractivity contribution is 7.97. The van der Waals surface area contributed by atoms with Gasteiger partial charge in [0.05, 0.1) is 13.2 Å². The maximum absolute atomic E-state index is 13.0. The monoisotopic (exact) mass is 497 g/mol. The Hall–Kier alpha value is -2.86. The van der Waals surface area contributed by atoms with Gasteiger partial charge in [0, 0.05) is 32.1 Å². The molecule has 2 aromatic rings. The van der Waals surface area contributed by atoms with E-state index in [-0.39, 0.29) is 19.0 Å². The molecular formula is C23H32FN3O6S. The molecule has 2 aromatic carbocycles. The van der Waals surface area contributed by atoms with Gasteiger partial charge in [-0.15, -0.1) is 0 Å². The Kier molecular flexibility index (Phi) is 14.3. The van der Waals surface area contributed by atoms with E-state index < -0.39 is 12.0 Å². The molecule has 0 aliphatic carbocycles. The van der Waals surface area contributed by atoms with E-state index in [9.17, 15) is 14.0 Å². The van der Waals surface area contributed by atoms with Crippen molar-refractivity contribution in [3.8, 4) is 11.5 Å². The SMILES string of the molecule is CC.COCCOC(=O)N(C)CCN(CC(=O)NO)Sc1ccc(Oc2ccc(F)cc2)cc1. The number of amides is 2. The van der Waals surface area contributed by atoms with Crippen molar-refractivity contribution in [2.75, 3.05) is 47.0 Å². The normalized spacial score (nSPS) is 10.2. The summed E-state index contributed by atoms with van der Waals surface area (Å²) >= 11 is 1.28. The number of carbonyl (C=O) groups is 2. The average molecular weight is 498 g/mol. The predicted octanol–water partition coefficient (Wildman–Crippen LogP) is 4.17. The fourth-order valence-electron chi connectivity index (χ4n) is 2.38. The van der Waals surface area contributed by atoms with Crippen molar-refractivity contribution in [1.82, 2.24) is 14.7 Å². The molecule has 34 heavy (non-hydrogen) atoms. The van der Waals surface area contributed by atoms with E-state index in [1.54, 1.807) is 41.1 Å². The molecule has 0 bridgehead atoms. The van der Waals surface area contributed by atoms with Crippen LogP contribution in [0, 0.1) is 5.82 Å². The number of halogens is 1. The number of ether oxygens (including phenoxy) is 3. The van der Waals surface area contributed by atoms with Crippen molar-refractivity contribution in [1.29, 1.82) is 0 Å². The van der Waals surface area contributed by atoms with Gasteiger partial charge in [0.2, 0.25) is 0 Å². The second kappa shape index (κ2) is 16.7. The zero-order valence-electron chi connectivity index (χ0n) is 19.8. The Morgan fingerprint density at radius 3 is 2.15 bits per heavy atom. The third kappa shape index (κ3) is 11.3. The predicted molar refractivity (Wildman–Crippen MR) is 127 cm³/mol. The molecule has 0 aliphatic heterocycles. The van der Waals surface area contributed by atoms with E-state index in [1.165, 1.54) is 48.2 Å². The van der Waals surface area contributed by atoms with E-state index >= 15 is 0 Å². The molecule has 0 heterocycles. The number of benzene rings is 2. The van der Waals surface area contributed by atoms with Crippen LogP contribution in [-0.4, -0.2) is 73.4 Å². The zero-order valence-corrected chi connectivity index (χ0v) is 20.6. The van der Waals surface area contributed by atoms with E-state index in [4.69, 9.17) is 19.4 Å². The van der Waals surface area contributed by atoms with Crippen LogP contribution in [-0.2, 0) is 14.3 Å². The number of hydrogen-bond donors (Lipinski definition) is 2. The third-order valence-electron chi connectivity index (χ3n) is 4.06. The molecule has 0 fully saturated rings. The number of methoxy groups -OCH3 is 1. The molecular weight excluding hydrogens is 465 g/mol. The van der Waals surface area contributed by atoms with Crippen LogP contribution in [0.15, 0.2) is 53.4 Å². The first-order valence-electron chi connectivity index (χ1n) is 10.7. The molecule has 2 N–H and O–H groups in total. The lowest BCUT2D eigenvalue weighted by Crippen LogP contribution is -2.38. The van der Waals surface area contributed by atoms with Crippen LogP contribution in [0.2, 0.25) is 0 Å². The van der Waals surface area contributed by atoms with Crippen LogP contribution in [0.4, 0.5) is 9.18 Å². The highest BCUT2D eigenvalue weighted by Gasteiger charge is 2.16. The van der Waals surface area contributed by atoms with Gasteiger partial charge in [-0.05, 0) is 60.5 Å². The standard InChI is InChI=1S/C21H26FN3O6S.C2H6/c1-24(21(27)30-14-13-29-2)11-12-25(15-20(26)23-28)32-19-9-7-18(8-10-19)31-17-5-3-16(22)4-6-17;1-2/h3-10,28H,11-15H2,1-2H3,(H,23,26);1-2H3. The van der Waals surface area contributed by atoms with Gasteiger partial charge in [-0.1, -0.05) is 13.8 Å². The second-order valence-electron chi connectivity index (χ2n) is 6.55. The molecule has 0 saturated heterocycles. The van der Waals surface area contributed by atoms with Gasteiger partial charge in [-0.25, -0.2) is 19.0 Å². The fraction of sp³-hybridized carbons (Fsp3) is 0.391. The zero-order chi connectivity index (χ0) is 25.3. The van der Waals surface area contributed by atoms with Gasteiger partial charge >= 0.3 is 6.09 Å². The Bertz CT molecular complexity index is 855. The summed E-state index contributed by atoms with van der Waals surface area (Å²) in [6, 6.07) is 12.8. The maximum atomic E-state index is 13.0. The Balaban J connectivity index is 0.00000281. The smallest absolute Gasteiger partial charge is 0.409 e. The van der Waals surface area contributed by atoms with E-state index in [1.807, 2.05) is 13.8 Å². The lowest BCUT2D eigenvalue weighted by molar-refractivity contribution is -0.129. The first kappa shape index (κ1) is 29.2. The molecule has 188 valence electrons. The average Bonchev–Trinajstić information content (AvgIpc) is 2.86. The molecule has 9 nitrogen and oxygen atoms in total. The van der Waals surface area contributed by atoms with Gasteiger partial charge < -0.3 is 19.1 Å². The number of nitrogens with zero attached hydrogens (tertiary/aromatic N) is 2. The van der Waals surface area contributed by atoms with Crippen LogP contribution in [0.1, 0.15) is 13.8 Å². The van der Waals surface area contributed by atoms with Gasteiger partial charge in [0.1, 0.15) is 23.9 Å². The van der Waals surface area contributed by atoms with Crippen molar-refractivity contribution in [3.63, 3.8) is 0 Å². The van der Waals surface area contributed by atoms with Crippen molar-refractivity contribution >= 4 is 23.9 Å². The number of likely N-dealkylation sites (N-methyl/N-ethyl adjacent to an activating group) is 1. The topological polar surface area (TPSA) is 101 Å². The minimum Gasteiger partial charge on any atom is -0.457 e. The third-order valence-corrected chi connectivity index (χ3v) is 5.11. The first-order chi connectivity index (χ1) is 16.4. The molecule has 11 heteroatoms. The highest BCUT2D eigenvalue weighted by atomic mass is 32.2. The number of carbonyl (C=O) groups excluding carboxylic acids is 2. The van der Waals surface area contributed by atoms with Crippen molar-refractivity contribution in [2.24, 2.45) is 0 Å².